The van der Waals surface area contributed by atoms with E-state index in [1.165, 1.54) is 6.07 Å². The number of anilines is 2. The number of aromatic nitrogens is 2. The van der Waals surface area contributed by atoms with Crippen molar-refractivity contribution in [1.82, 2.24) is 20.6 Å². The fourth-order valence-electron chi connectivity index (χ4n) is 4.25. The molecule has 2 aromatic heterocycles. The zero-order valence-corrected chi connectivity index (χ0v) is 18.2. The molecule has 0 unspecified atom stereocenters. The Kier molecular flexibility index (Phi) is 6.08. The first kappa shape index (κ1) is 24.0. The number of fused-ring (bicyclic) bond motifs is 1. The first-order valence-electron chi connectivity index (χ1n) is 10.6. The number of nitrogens with one attached hydrogen (secondary N) is 3. The summed E-state index contributed by atoms with van der Waals surface area (Å²) < 4.78 is 82.8. The average molecular weight is 488 g/mol. The van der Waals surface area contributed by atoms with E-state index in [-0.39, 0.29) is 34.9 Å². The fraction of sp³-hybridized carbons (Fsp3) is 0.476. The number of piperazine rings is 1. The molecule has 34 heavy (non-hydrogen) atoms. The molecule has 0 aromatic carbocycles. The summed E-state index contributed by atoms with van der Waals surface area (Å²) in [5.41, 5.74) is -2.02. The molecule has 1 saturated heterocycles. The standard InChI is InChI=1S/C21H22F6N6O/c1-10(2)14-9-28-5-6-33(14)15-8-11(20(22,23)24)7-13(30-15)12-3-4-29-18-16(12)17(21(25,26)27)31-19(34)32-18/h3-4,7-8,10,14,17,28H,5-6,9H2,1-2H3,(H2,29,31,32,34)/t14-,17+/m0/s1. The van der Waals surface area contributed by atoms with Crippen molar-refractivity contribution in [3.05, 3.63) is 35.5 Å². The number of urea groups is 1. The van der Waals surface area contributed by atoms with Crippen molar-refractivity contribution in [2.24, 2.45) is 5.92 Å². The lowest BCUT2D eigenvalue weighted by molar-refractivity contribution is -0.155. The summed E-state index contributed by atoms with van der Waals surface area (Å²) in [7, 11) is 0. The van der Waals surface area contributed by atoms with Gasteiger partial charge in [-0.1, -0.05) is 13.8 Å². The van der Waals surface area contributed by atoms with E-state index in [0.29, 0.717) is 19.6 Å². The molecule has 3 N–H and O–H groups in total. The molecule has 4 heterocycles. The minimum absolute atomic E-state index is 0.0203. The van der Waals surface area contributed by atoms with Crippen molar-refractivity contribution in [1.29, 1.82) is 0 Å². The fourth-order valence-corrected chi connectivity index (χ4v) is 4.25. The first-order chi connectivity index (χ1) is 15.9. The molecule has 2 amide bonds. The maximum Gasteiger partial charge on any atom is 0.416 e. The number of rotatable bonds is 3. The number of hydrogen-bond donors (Lipinski definition) is 3. The third-order valence-corrected chi connectivity index (χ3v) is 5.88. The summed E-state index contributed by atoms with van der Waals surface area (Å²) in [6.07, 6.45) is -8.54. The molecule has 13 heteroatoms. The molecular formula is C21H22F6N6O. The second kappa shape index (κ2) is 8.60. The number of hydrogen-bond acceptors (Lipinski definition) is 5. The van der Waals surface area contributed by atoms with E-state index in [1.54, 1.807) is 10.2 Å². The Bertz CT molecular complexity index is 1090. The van der Waals surface area contributed by atoms with Crippen LogP contribution in [0.25, 0.3) is 11.3 Å². The average Bonchev–Trinajstić information content (AvgIpc) is 2.76. The predicted molar refractivity (Wildman–Crippen MR) is 112 cm³/mol. The maximum absolute atomic E-state index is 13.8. The Morgan fingerprint density at radius 3 is 2.53 bits per heavy atom. The predicted octanol–water partition coefficient (Wildman–Crippen LogP) is 4.34. The minimum atomic E-state index is -4.91. The molecule has 2 aliphatic rings. The highest BCUT2D eigenvalue weighted by Crippen LogP contribution is 2.44. The van der Waals surface area contributed by atoms with E-state index in [4.69, 9.17) is 0 Å². The Morgan fingerprint density at radius 1 is 1.15 bits per heavy atom. The van der Waals surface area contributed by atoms with E-state index in [9.17, 15) is 31.1 Å². The summed E-state index contributed by atoms with van der Waals surface area (Å²) in [5.74, 6) is -0.284. The summed E-state index contributed by atoms with van der Waals surface area (Å²) in [5, 5.41) is 7.17. The third kappa shape index (κ3) is 4.61. The molecule has 0 saturated carbocycles. The Labute approximate surface area is 190 Å². The summed E-state index contributed by atoms with van der Waals surface area (Å²) >= 11 is 0. The zero-order chi connectivity index (χ0) is 24.8. The van der Waals surface area contributed by atoms with Crippen LogP contribution in [0.15, 0.2) is 24.4 Å². The van der Waals surface area contributed by atoms with Gasteiger partial charge >= 0.3 is 18.4 Å². The molecule has 7 nitrogen and oxygen atoms in total. The molecular weight excluding hydrogens is 466 g/mol. The van der Waals surface area contributed by atoms with Crippen molar-refractivity contribution in [3.63, 3.8) is 0 Å². The quantitative estimate of drug-likeness (QED) is 0.561. The molecule has 0 aliphatic carbocycles. The van der Waals surface area contributed by atoms with Crippen LogP contribution in [-0.4, -0.2) is 47.9 Å². The summed E-state index contributed by atoms with van der Waals surface area (Å²) in [4.78, 5) is 21.7. The lowest BCUT2D eigenvalue weighted by Crippen LogP contribution is -2.54. The van der Waals surface area contributed by atoms with Crippen LogP contribution < -0.4 is 20.9 Å². The van der Waals surface area contributed by atoms with Gasteiger partial charge in [0.05, 0.1) is 11.3 Å². The second-order valence-electron chi connectivity index (χ2n) is 8.50. The van der Waals surface area contributed by atoms with Crippen molar-refractivity contribution < 1.29 is 31.1 Å². The molecule has 0 spiro atoms. The highest BCUT2D eigenvalue weighted by molar-refractivity contribution is 5.94. The lowest BCUT2D eigenvalue weighted by Gasteiger charge is -2.40. The molecule has 2 atom stereocenters. The van der Waals surface area contributed by atoms with Crippen LogP contribution >= 0.6 is 0 Å². The van der Waals surface area contributed by atoms with Gasteiger partial charge in [0.15, 0.2) is 6.04 Å². The van der Waals surface area contributed by atoms with E-state index >= 15 is 0 Å². The smallest absolute Gasteiger partial charge is 0.351 e. The van der Waals surface area contributed by atoms with Gasteiger partial charge in [-0.2, -0.15) is 26.3 Å². The summed E-state index contributed by atoms with van der Waals surface area (Å²) in [6.45, 7) is 5.30. The van der Waals surface area contributed by atoms with Gasteiger partial charge in [0.25, 0.3) is 0 Å². The second-order valence-corrected chi connectivity index (χ2v) is 8.50. The Hall–Kier alpha value is -3.09. The number of carbonyl (C=O) groups excluding carboxylic acids is 1. The van der Waals surface area contributed by atoms with Crippen LogP contribution in [0.3, 0.4) is 0 Å². The monoisotopic (exact) mass is 488 g/mol. The van der Waals surface area contributed by atoms with Crippen LogP contribution in [-0.2, 0) is 6.18 Å². The number of carbonyl (C=O) groups is 1. The van der Waals surface area contributed by atoms with Gasteiger partial charge in [-0.05, 0) is 24.1 Å². The van der Waals surface area contributed by atoms with Crippen LogP contribution in [0.4, 0.5) is 42.8 Å². The van der Waals surface area contributed by atoms with Gasteiger partial charge in [-0.25, -0.2) is 14.8 Å². The van der Waals surface area contributed by atoms with E-state index < -0.39 is 35.6 Å². The van der Waals surface area contributed by atoms with Crippen molar-refractivity contribution >= 4 is 17.7 Å². The molecule has 1 fully saturated rings. The van der Waals surface area contributed by atoms with Gasteiger partial charge in [-0.3, -0.25) is 5.32 Å². The number of nitrogens with zero attached hydrogens (tertiary/aromatic N) is 3. The minimum Gasteiger partial charge on any atom is -0.351 e. The van der Waals surface area contributed by atoms with Crippen LogP contribution in [0.5, 0.6) is 0 Å². The van der Waals surface area contributed by atoms with Gasteiger partial charge in [0, 0.05) is 43.0 Å². The normalized spacial score (nSPS) is 21.2. The van der Waals surface area contributed by atoms with E-state index in [0.717, 1.165) is 18.3 Å². The van der Waals surface area contributed by atoms with E-state index in [2.05, 4.69) is 20.6 Å². The van der Waals surface area contributed by atoms with Gasteiger partial charge < -0.3 is 15.5 Å². The molecule has 184 valence electrons. The lowest BCUT2D eigenvalue weighted by atomic mass is 9.95. The zero-order valence-electron chi connectivity index (χ0n) is 18.2. The SMILES string of the molecule is CC(C)[C@@H]1CNCCN1c1cc(C(F)(F)F)cc(-c2ccnc3c2[C@H](C(F)(F)F)NC(=O)N3)n1. The Morgan fingerprint density at radius 2 is 1.88 bits per heavy atom. The molecule has 0 radical (unpaired) electrons. The Balaban J connectivity index is 1.92. The van der Waals surface area contributed by atoms with Gasteiger partial charge in [0.2, 0.25) is 0 Å². The molecule has 0 bridgehead atoms. The number of alkyl halides is 6. The topological polar surface area (TPSA) is 82.2 Å². The largest absolute Gasteiger partial charge is 0.416 e. The molecule has 2 aromatic rings. The van der Waals surface area contributed by atoms with Crippen molar-refractivity contribution in [2.75, 3.05) is 29.9 Å². The van der Waals surface area contributed by atoms with Crippen LogP contribution in [0, 0.1) is 5.92 Å². The molecule has 2 aliphatic heterocycles. The number of amides is 2. The first-order valence-corrected chi connectivity index (χ1v) is 10.6. The van der Waals surface area contributed by atoms with Crippen LogP contribution in [0.2, 0.25) is 0 Å². The number of pyridine rings is 2. The van der Waals surface area contributed by atoms with E-state index in [1.807, 2.05) is 13.8 Å². The van der Waals surface area contributed by atoms with Crippen molar-refractivity contribution in [2.45, 2.75) is 38.3 Å². The van der Waals surface area contributed by atoms with Gasteiger partial charge in [-0.15, -0.1) is 0 Å². The summed E-state index contributed by atoms with van der Waals surface area (Å²) in [6, 6.07) is -0.928. The van der Waals surface area contributed by atoms with Gasteiger partial charge in [0.1, 0.15) is 11.6 Å². The molecule has 4 rings (SSSR count). The number of halogens is 6. The highest BCUT2D eigenvalue weighted by Gasteiger charge is 2.47. The third-order valence-electron chi connectivity index (χ3n) is 5.88. The van der Waals surface area contributed by atoms with Crippen LogP contribution in [0.1, 0.15) is 31.0 Å². The van der Waals surface area contributed by atoms with Crippen molar-refractivity contribution in [3.8, 4) is 11.3 Å². The maximum atomic E-state index is 13.8. The highest BCUT2D eigenvalue weighted by atomic mass is 19.4.